The first-order chi connectivity index (χ1) is 11.1. The smallest absolute Gasteiger partial charge is 0.317 e. The van der Waals surface area contributed by atoms with Gasteiger partial charge in [-0.1, -0.05) is 23.7 Å². The van der Waals surface area contributed by atoms with Gasteiger partial charge in [0.1, 0.15) is 0 Å². The first-order valence-corrected chi connectivity index (χ1v) is 8.69. The van der Waals surface area contributed by atoms with E-state index < -0.39 is 0 Å². The van der Waals surface area contributed by atoms with Crippen molar-refractivity contribution in [2.75, 3.05) is 37.7 Å². The molecule has 2 heterocycles. The molecular weight excluding hydrogens is 314 g/mol. The number of carbonyl (C=O) groups is 1. The van der Waals surface area contributed by atoms with Crippen LogP contribution < -0.4 is 10.2 Å². The minimum Gasteiger partial charge on any atom is -0.376 e. The fraction of sp³-hybridized carbons (Fsp3) is 0.588. The van der Waals surface area contributed by atoms with Crippen molar-refractivity contribution in [3.8, 4) is 0 Å². The summed E-state index contributed by atoms with van der Waals surface area (Å²) in [4.78, 5) is 16.5. The molecule has 0 aromatic heterocycles. The molecule has 126 valence electrons. The number of hydrogen-bond donors (Lipinski definition) is 1. The van der Waals surface area contributed by atoms with Gasteiger partial charge in [0.15, 0.2) is 0 Å². The molecule has 2 aliphatic rings. The summed E-state index contributed by atoms with van der Waals surface area (Å²) in [6, 6.07) is 7.92. The van der Waals surface area contributed by atoms with Gasteiger partial charge in [-0.2, -0.15) is 0 Å². The highest BCUT2D eigenvalue weighted by molar-refractivity contribution is 6.33. The van der Waals surface area contributed by atoms with Crippen LogP contribution in [0.2, 0.25) is 5.02 Å². The molecule has 1 aromatic rings. The quantitative estimate of drug-likeness (QED) is 0.922. The highest BCUT2D eigenvalue weighted by Crippen LogP contribution is 2.26. The van der Waals surface area contributed by atoms with E-state index in [9.17, 15) is 4.79 Å². The monoisotopic (exact) mass is 337 g/mol. The lowest BCUT2D eigenvalue weighted by Crippen LogP contribution is -2.54. The molecule has 0 spiro atoms. The average molecular weight is 338 g/mol. The Bertz CT molecular complexity index is 540. The summed E-state index contributed by atoms with van der Waals surface area (Å²) in [5.41, 5.74) is 1.04. The summed E-state index contributed by atoms with van der Waals surface area (Å²) in [7, 11) is 0. The minimum atomic E-state index is 0.00630. The fourth-order valence-electron chi connectivity index (χ4n) is 3.23. The molecule has 1 N–H and O–H groups in total. The molecule has 3 rings (SSSR count). The zero-order chi connectivity index (χ0) is 16.2. The fourth-order valence-corrected chi connectivity index (χ4v) is 3.49. The number of rotatable bonds is 3. The third kappa shape index (κ3) is 3.90. The van der Waals surface area contributed by atoms with E-state index in [1.54, 1.807) is 0 Å². The SMILES string of the molecule is C[C@H](NC(=O)N1CCN(c2ccccc2Cl)CC1)[C@H]1CCCO1. The van der Waals surface area contributed by atoms with Gasteiger partial charge in [-0.3, -0.25) is 0 Å². The number of nitrogens with one attached hydrogen (secondary N) is 1. The van der Waals surface area contributed by atoms with E-state index in [-0.39, 0.29) is 18.2 Å². The Kier molecular flexibility index (Phi) is 5.28. The summed E-state index contributed by atoms with van der Waals surface area (Å²) in [6.07, 6.45) is 2.27. The summed E-state index contributed by atoms with van der Waals surface area (Å²) in [5, 5.41) is 3.84. The maximum Gasteiger partial charge on any atom is 0.317 e. The number of hydrogen-bond acceptors (Lipinski definition) is 3. The van der Waals surface area contributed by atoms with Gasteiger partial charge in [-0.25, -0.2) is 4.79 Å². The molecule has 2 amide bonds. The number of para-hydroxylation sites is 1. The summed E-state index contributed by atoms with van der Waals surface area (Å²) in [6.45, 7) is 5.83. The van der Waals surface area contributed by atoms with E-state index in [1.807, 2.05) is 36.1 Å². The van der Waals surface area contributed by atoms with Gasteiger partial charge < -0.3 is 19.9 Å². The topological polar surface area (TPSA) is 44.8 Å². The van der Waals surface area contributed by atoms with Crippen LogP contribution in [0.25, 0.3) is 0 Å². The second kappa shape index (κ2) is 7.41. The molecule has 2 fully saturated rings. The third-order valence-corrected chi connectivity index (χ3v) is 4.95. The van der Waals surface area contributed by atoms with Crippen LogP contribution >= 0.6 is 11.6 Å². The van der Waals surface area contributed by atoms with Crippen molar-refractivity contribution in [1.29, 1.82) is 0 Å². The molecule has 0 bridgehead atoms. The Morgan fingerprint density at radius 3 is 2.70 bits per heavy atom. The molecule has 23 heavy (non-hydrogen) atoms. The highest BCUT2D eigenvalue weighted by Gasteiger charge is 2.27. The van der Waals surface area contributed by atoms with Crippen LogP contribution in [0.3, 0.4) is 0 Å². The molecule has 0 aliphatic carbocycles. The van der Waals surface area contributed by atoms with E-state index >= 15 is 0 Å². The Morgan fingerprint density at radius 2 is 2.04 bits per heavy atom. The van der Waals surface area contributed by atoms with Crippen LogP contribution in [0.4, 0.5) is 10.5 Å². The van der Waals surface area contributed by atoms with Crippen LogP contribution in [0.5, 0.6) is 0 Å². The third-order valence-electron chi connectivity index (χ3n) is 4.63. The number of piperazine rings is 1. The second-order valence-electron chi connectivity index (χ2n) is 6.22. The van der Waals surface area contributed by atoms with Crippen LogP contribution in [0.15, 0.2) is 24.3 Å². The van der Waals surface area contributed by atoms with Crippen molar-refractivity contribution >= 4 is 23.3 Å². The predicted molar refractivity (Wildman–Crippen MR) is 92.2 cm³/mol. The van der Waals surface area contributed by atoms with Crippen LogP contribution in [-0.2, 0) is 4.74 Å². The number of carbonyl (C=O) groups excluding carboxylic acids is 1. The molecule has 2 aliphatic heterocycles. The molecule has 2 saturated heterocycles. The molecule has 6 heteroatoms. The maximum atomic E-state index is 12.4. The first kappa shape index (κ1) is 16.4. The standard InChI is InChI=1S/C17H24ClN3O2/c1-13(16-7-4-12-23-16)19-17(22)21-10-8-20(9-11-21)15-6-3-2-5-14(15)18/h2-3,5-6,13,16H,4,7-12H2,1H3,(H,19,22)/t13-,16+/m0/s1. The number of nitrogens with zero attached hydrogens (tertiary/aromatic N) is 2. The number of urea groups is 1. The zero-order valence-corrected chi connectivity index (χ0v) is 14.3. The van der Waals surface area contributed by atoms with E-state index in [2.05, 4.69) is 10.2 Å². The maximum absolute atomic E-state index is 12.4. The Labute approximate surface area is 142 Å². The van der Waals surface area contributed by atoms with Gasteiger partial charge in [-0.15, -0.1) is 0 Å². The van der Waals surface area contributed by atoms with Crippen LogP contribution in [0, 0.1) is 0 Å². The molecule has 0 saturated carbocycles. The zero-order valence-electron chi connectivity index (χ0n) is 13.5. The lowest BCUT2D eigenvalue weighted by Gasteiger charge is -2.37. The van der Waals surface area contributed by atoms with E-state index in [0.29, 0.717) is 13.1 Å². The van der Waals surface area contributed by atoms with Crippen molar-refractivity contribution in [3.05, 3.63) is 29.3 Å². The van der Waals surface area contributed by atoms with Gasteiger partial charge in [0.2, 0.25) is 0 Å². The Balaban J connectivity index is 1.50. The van der Waals surface area contributed by atoms with Gasteiger partial charge in [0, 0.05) is 32.8 Å². The van der Waals surface area contributed by atoms with Gasteiger partial charge in [0.05, 0.1) is 22.9 Å². The van der Waals surface area contributed by atoms with Gasteiger partial charge >= 0.3 is 6.03 Å². The van der Waals surface area contributed by atoms with Crippen LogP contribution in [0.1, 0.15) is 19.8 Å². The lowest BCUT2D eigenvalue weighted by molar-refractivity contribution is 0.0831. The van der Waals surface area contributed by atoms with E-state index in [4.69, 9.17) is 16.3 Å². The molecule has 2 atom stereocenters. The predicted octanol–water partition coefficient (Wildman–Crippen LogP) is 2.74. The minimum absolute atomic E-state index is 0.00630. The largest absolute Gasteiger partial charge is 0.376 e. The van der Waals surface area contributed by atoms with E-state index in [0.717, 1.165) is 43.2 Å². The number of benzene rings is 1. The normalized spacial score (nSPS) is 23.0. The average Bonchev–Trinajstić information content (AvgIpc) is 3.10. The highest BCUT2D eigenvalue weighted by atomic mass is 35.5. The molecular formula is C17H24ClN3O2. The number of anilines is 1. The van der Waals surface area contributed by atoms with E-state index in [1.165, 1.54) is 0 Å². The van der Waals surface area contributed by atoms with Crippen molar-refractivity contribution in [2.24, 2.45) is 0 Å². The molecule has 0 radical (unpaired) electrons. The lowest BCUT2D eigenvalue weighted by atomic mass is 10.1. The Morgan fingerprint density at radius 1 is 1.30 bits per heavy atom. The van der Waals surface area contributed by atoms with Gasteiger partial charge in [-0.05, 0) is 31.9 Å². The number of amides is 2. The first-order valence-electron chi connectivity index (χ1n) is 8.31. The summed E-state index contributed by atoms with van der Waals surface area (Å²) >= 11 is 6.25. The summed E-state index contributed by atoms with van der Waals surface area (Å²) < 4.78 is 5.63. The van der Waals surface area contributed by atoms with Gasteiger partial charge in [0.25, 0.3) is 0 Å². The van der Waals surface area contributed by atoms with Crippen molar-refractivity contribution in [1.82, 2.24) is 10.2 Å². The molecule has 5 nitrogen and oxygen atoms in total. The number of halogens is 1. The molecule has 1 aromatic carbocycles. The van der Waals surface area contributed by atoms with Crippen molar-refractivity contribution < 1.29 is 9.53 Å². The van der Waals surface area contributed by atoms with Crippen molar-refractivity contribution in [2.45, 2.75) is 31.9 Å². The Hall–Kier alpha value is -1.46. The summed E-state index contributed by atoms with van der Waals surface area (Å²) in [5.74, 6) is 0. The second-order valence-corrected chi connectivity index (χ2v) is 6.62. The number of ether oxygens (including phenoxy) is 1. The van der Waals surface area contributed by atoms with Crippen molar-refractivity contribution in [3.63, 3.8) is 0 Å². The van der Waals surface area contributed by atoms with Crippen LogP contribution in [-0.4, -0.2) is 55.9 Å². The molecule has 0 unspecified atom stereocenters.